The lowest BCUT2D eigenvalue weighted by Gasteiger charge is -2.12. The van der Waals surface area contributed by atoms with E-state index in [2.05, 4.69) is 11.9 Å². The Balaban J connectivity index is 1.78. The molecule has 0 spiro atoms. The fourth-order valence-electron chi connectivity index (χ4n) is 1.98. The van der Waals surface area contributed by atoms with Crippen molar-refractivity contribution in [1.82, 2.24) is 5.32 Å². The van der Waals surface area contributed by atoms with E-state index in [0.717, 1.165) is 35.8 Å². The Morgan fingerprint density at radius 3 is 2.90 bits per heavy atom. The number of ether oxygens (including phenoxy) is 2. The smallest absolute Gasteiger partial charge is 0.161 e. The zero-order valence-corrected chi connectivity index (χ0v) is 12.3. The molecule has 0 aliphatic rings. The van der Waals surface area contributed by atoms with Crippen LogP contribution in [0.25, 0.3) is 0 Å². The van der Waals surface area contributed by atoms with E-state index in [0.29, 0.717) is 13.2 Å². The van der Waals surface area contributed by atoms with Crippen LogP contribution in [0, 0.1) is 0 Å². The van der Waals surface area contributed by atoms with Gasteiger partial charge in [-0.2, -0.15) is 0 Å². The van der Waals surface area contributed by atoms with Crippen LogP contribution in [0.15, 0.2) is 53.7 Å². The lowest BCUT2D eigenvalue weighted by molar-refractivity contribution is 0.290. The number of benzene rings is 1. The van der Waals surface area contributed by atoms with E-state index >= 15 is 0 Å². The number of nitrogens with one attached hydrogen (secondary N) is 1. The largest absolute Gasteiger partial charge is 0.493 e. The van der Waals surface area contributed by atoms with Gasteiger partial charge in [-0.1, -0.05) is 12.1 Å². The standard InChI is InChI=1S/C17H21NO3/c1-3-5-14-7-8-16(17(12-14)19-2)21-11-9-18-13-15-6-4-10-20-15/h3-4,6-8,10,12,18H,1,5,9,11,13H2,2H3. The molecule has 1 aromatic carbocycles. The van der Waals surface area contributed by atoms with Crippen LogP contribution >= 0.6 is 0 Å². The second-order valence-corrected chi connectivity index (χ2v) is 4.58. The molecule has 1 heterocycles. The van der Waals surface area contributed by atoms with E-state index < -0.39 is 0 Å². The molecule has 0 aliphatic heterocycles. The van der Waals surface area contributed by atoms with Gasteiger partial charge in [-0.05, 0) is 36.2 Å². The van der Waals surface area contributed by atoms with Crippen molar-refractivity contribution >= 4 is 0 Å². The molecule has 0 bridgehead atoms. The van der Waals surface area contributed by atoms with Gasteiger partial charge in [0, 0.05) is 6.54 Å². The van der Waals surface area contributed by atoms with Crippen LogP contribution in [0.3, 0.4) is 0 Å². The van der Waals surface area contributed by atoms with Gasteiger partial charge in [0.05, 0.1) is 19.9 Å². The highest BCUT2D eigenvalue weighted by atomic mass is 16.5. The number of hydrogen-bond acceptors (Lipinski definition) is 4. The molecule has 1 aromatic heterocycles. The molecule has 0 radical (unpaired) electrons. The van der Waals surface area contributed by atoms with E-state index in [-0.39, 0.29) is 0 Å². The van der Waals surface area contributed by atoms with Crippen molar-refractivity contribution in [2.24, 2.45) is 0 Å². The van der Waals surface area contributed by atoms with Crippen LogP contribution in [-0.4, -0.2) is 20.3 Å². The van der Waals surface area contributed by atoms with Crippen molar-refractivity contribution < 1.29 is 13.9 Å². The molecule has 0 amide bonds. The SMILES string of the molecule is C=CCc1ccc(OCCNCc2ccco2)c(OC)c1. The number of methoxy groups -OCH3 is 1. The molecule has 4 nitrogen and oxygen atoms in total. The maximum absolute atomic E-state index is 5.74. The van der Waals surface area contributed by atoms with Gasteiger partial charge >= 0.3 is 0 Å². The van der Waals surface area contributed by atoms with Crippen molar-refractivity contribution in [3.8, 4) is 11.5 Å². The Bertz CT molecular complexity index is 549. The number of allylic oxidation sites excluding steroid dienone is 1. The maximum atomic E-state index is 5.74. The zero-order chi connectivity index (χ0) is 14.9. The Morgan fingerprint density at radius 1 is 1.29 bits per heavy atom. The first-order chi connectivity index (χ1) is 10.3. The molecule has 1 N–H and O–H groups in total. The Kier molecular flexibility index (Phi) is 5.91. The monoisotopic (exact) mass is 287 g/mol. The summed E-state index contributed by atoms with van der Waals surface area (Å²) in [4.78, 5) is 0. The first kappa shape index (κ1) is 15.2. The third kappa shape index (κ3) is 4.68. The molecule has 0 atom stereocenters. The molecular weight excluding hydrogens is 266 g/mol. The van der Waals surface area contributed by atoms with Crippen LogP contribution < -0.4 is 14.8 Å². The summed E-state index contributed by atoms with van der Waals surface area (Å²) >= 11 is 0. The average Bonchev–Trinajstić information content (AvgIpc) is 3.01. The van der Waals surface area contributed by atoms with Gasteiger partial charge in [0.25, 0.3) is 0 Å². The highest BCUT2D eigenvalue weighted by Crippen LogP contribution is 2.28. The van der Waals surface area contributed by atoms with E-state index in [1.54, 1.807) is 13.4 Å². The summed E-state index contributed by atoms with van der Waals surface area (Å²) in [6, 6.07) is 9.76. The molecule has 112 valence electrons. The highest BCUT2D eigenvalue weighted by molar-refractivity contribution is 5.43. The van der Waals surface area contributed by atoms with Crippen molar-refractivity contribution in [2.75, 3.05) is 20.3 Å². The fourth-order valence-corrected chi connectivity index (χ4v) is 1.98. The topological polar surface area (TPSA) is 43.6 Å². The van der Waals surface area contributed by atoms with Crippen molar-refractivity contribution in [1.29, 1.82) is 0 Å². The second-order valence-electron chi connectivity index (χ2n) is 4.58. The van der Waals surface area contributed by atoms with Gasteiger partial charge in [-0.25, -0.2) is 0 Å². The molecule has 2 aromatic rings. The van der Waals surface area contributed by atoms with Crippen molar-refractivity contribution in [2.45, 2.75) is 13.0 Å². The van der Waals surface area contributed by atoms with Crippen LogP contribution in [0.1, 0.15) is 11.3 Å². The molecule has 0 saturated carbocycles. The summed E-state index contributed by atoms with van der Waals surface area (Å²) < 4.78 is 16.3. The summed E-state index contributed by atoms with van der Waals surface area (Å²) in [6.07, 6.45) is 4.36. The third-order valence-electron chi connectivity index (χ3n) is 3.02. The summed E-state index contributed by atoms with van der Waals surface area (Å²) in [5.41, 5.74) is 1.16. The van der Waals surface area contributed by atoms with Gasteiger partial charge in [0.1, 0.15) is 12.4 Å². The molecule has 4 heteroatoms. The summed E-state index contributed by atoms with van der Waals surface area (Å²) in [5.74, 6) is 2.42. The van der Waals surface area contributed by atoms with Gasteiger partial charge in [-0.15, -0.1) is 6.58 Å². The van der Waals surface area contributed by atoms with Gasteiger partial charge in [-0.3, -0.25) is 0 Å². The first-order valence-corrected chi connectivity index (χ1v) is 6.97. The summed E-state index contributed by atoms with van der Waals surface area (Å²) in [6.45, 7) is 5.74. The highest BCUT2D eigenvalue weighted by Gasteiger charge is 2.05. The molecule has 21 heavy (non-hydrogen) atoms. The molecule has 0 fully saturated rings. The Labute approximate surface area is 125 Å². The Morgan fingerprint density at radius 2 is 2.19 bits per heavy atom. The normalized spacial score (nSPS) is 10.3. The number of rotatable bonds is 9. The number of hydrogen-bond donors (Lipinski definition) is 1. The van der Waals surface area contributed by atoms with Crippen LogP contribution in [0.4, 0.5) is 0 Å². The van der Waals surface area contributed by atoms with E-state index in [9.17, 15) is 0 Å². The molecule has 2 rings (SSSR count). The Hall–Kier alpha value is -2.20. The van der Waals surface area contributed by atoms with Crippen molar-refractivity contribution in [3.63, 3.8) is 0 Å². The van der Waals surface area contributed by atoms with Gasteiger partial charge in [0.2, 0.25) is 0 Å². The third-order valence-corrected chi connectivity index (χ3v) is 3.02. The van der Waals surface area contributed by atoms with E-state index in [4.69, 9.17) is 13.9 Å². The zero-order valence-electron chi connectivity index (χ0n) is 12.3. The van der Waals surface area contributed by atoms with Gasteiger partial charge < -0.3 is 19.2 Å². The molecule has 0 unspecified atom stereocenters. The second kappa shape index (κ2) is 8.17. The number of furan rings is 1. The lowest BCUT2D eigenvalue weighted by Crippen LogP contribution is -2.20. The lowest BCUT2D eigenvalue weighted by atomic mass is 10.1. The fraction of sp³-hybridized carbons (Fsp3) is 0.294. The quantitative estimate of drug-likeness (QED) is 0.568. The van der Waals surface area contributed by atoms with Crippen LogP contribution in [-0.2, 0) is 13.0 Å². The minimum Gasteiger partial charge on any atom is -0.493 e. The minimum absolute atomic E-state index is 0.567. The molecule has 0 saturated heterocycles. The van der Waals surface area contributed by atoms with Crippen molar-refractivity contribution in [3.05, 3.63) is 60.6 Å². The van der Waals surface area contributed by atoms with Crippen LogP contribution in [0.5, 0.6) is 11.5 Å². The minimum atomic E-state index is 0.567. The summed E-state index contributed by atoms with van der Waals surface area (Å²) in [7, 11) is 1.65. The van der Waals surface area contributed by atoms with Gasteiger partial charge in [0.15, 0.2) is 11.5 Å². The first-order valence-electron chi connectivity index (χ1n) is 6.97. The maximum Gasteiger partial charge on any atom is 0.161 e. The average molecular weight is 287 g/mol. The molecular formula is C17H21NO3. The predicted octanol–water partition coefficient (Wildman–Crippen LogP) is 3.19. The predicted molar refractivity (Wildman–Crippen MR) is 82.8 cm³/mol. The van der Waals surface area contributed by atoms with Crippen LogP contribution in [0.2, 0.25) is 0 Å². The van der Waals surface area contributed by atoms with E-state index in [1.807, 2.05) is 36.4 Å². The van der Waals surface area contributed by atoms with E-state index in [1.165, 1.54) is 0 Å². The summed E-state index contributed by atoms with van der Waals surface area (Å²) in [5, 5.41) is 3.25. The molecule has 0 aliphatic carbocycles.